The van der Waals surface area contributed by atoms with Gasteiger partial charge in [-0.05, 0) is 24.6 Å². The molecule has 1 aliphatic heterocycles. The van der Waals surface area contributed by atoms with Crippen molar-refractivity contribution in [2.24, 2.45) is 0 Å². The number of halogens is 3. The van der Waals surface area contributed by atoms with Gasteiger partial charge in [0.15, 0.2) is 11.5 Å². The molecule has 0 fully saturated rings. The van der Waals surface area contributed by atoms with Crippen molar-refractivity contribution >= 4 is 43.9 Å². The number of rotatable bonds is 8. The van der Waals surface area contributed by atoms with Gasteiger partial charge in [-0.25, -0.2) is 8.42 Å². The number of hydrogen-bond acceptors (Lipinski definition) is 8. The van der Waals surface area contributed by atoms with Crippen molar-refractivity contribution in [2.45, 2.75) is 19.1 Å². The number of ether oxygens (including phenoxy) is 2. The molecule has 1 atom stereocenters. The topological polar surface area (TPSA) is 119 Å². The summed E-state index contributed by atoms with van der Waals surface area (Å²) in [5, 5.41) is 2.28. The van der Waals surface area contributed by atoms with Crippen LogP contribution in [0.1, 0.15) is 39.2 Å². The van der Waals surface area contributed by atoms with E-state index in [9.17, 15) is 36.0 Å². The summed E-state index contributed by atoms with van der Waals surface area (Å²) in [5.41, 5.74) is -0.430. The van der Waals surface area contributed by atoms with Gasteiger partial charge in [-0.15, -0.1) is 11.3 Å². The molecular formula is C20H19F3N2O7S2. The molecule has 1 aliphatic rings. The van der Waals surface area contributed by atoms with Crippen LogP contribution < -0.4 is 14.8 Å². The van der Waals surface area contributed by atoms with E-state index >= 15 is 0 Å². The molecule has 0 bridgehead atoms. The van der Waals surface area contributed by atoms with Crippen molar-refractivity contribution in [2.75, 3.05) is 31.0 Å². The van der Waals surface area contributed by atoms with Gasteiger partial charge in [-0.3, -0.25) is 19.3 Å². The van der Waals surface area contributed by atoms with Crippen LogP contribution in [0.3, 0.4) is 0 Å². The van der Waals surface area contributed by atoms with E-state index < -0.39 is 56.1 Å². The molecule has 2 aromatic rings. The molecule has 184 valence electrons. The van der Waals surface area contributed by atoms with Gasteiger partial charge in [0, 0.05) is 11.6 Å². The van der Waals surface area contributed by atoms with Crippen LogP contribution in [-0.4, -0.2) is 62.9 Å². The van der Waals surface area contributed by atoms with Crippen molar-refractivity contribution in [1.82, 2.24) is 4.90 Å². The Morgan fingerprint density at radius 3 is 2.44 bits per heavy atom. The Bertz CT molecular complexity index is 1260. The van der Waals surface area contributed by atoms with Crippen LogP contribution in [0, 0.1) is 0 Å². The Labute approximate surface area is 196 Å². The number of carbonyl (C=O) groups is 3. The molecule has 0 unspecified atom stereocenters. The number of hydrogen-bond donors (Lipinski definition) is 1. The minimum absolute atomic E-state index is 0.228. The lowest BCUT2D eigenvalue weighted by Gasteiger charge is -2.27. The largest absolute Gasteiger partial charge is 0.493 e. The summed E-state index contributed by atoms with van der Waals surface area (Å²) in [6, 6.07) is 3.04. The second-order valence-corrected chi connectivity index (χ2v) is 10.3. The van der Waals surface area contributed by atoms with Crippen LogP contribution in [0.15, 0.2) is 23.6 Å². The number of nitrogens with zero attached hydrogens (tertiary/aromatic N) is 1. The number of carbonyl (C=O) groups excluding carboxylic acids is 3. The zero-order chi connectivity index (χ0) is 25.4. The average Bonchev–Trinajstić information content (AvgIpc) is 3.25. The van der Waals surface area contributed by atoms with Gasteiger partial charge in [-0.1, -0.05) is 6.07 Å². The molecule has 9 nitrogen and oxygen atoms in total. The fourth-order valence-electron chi connectivity index (χ4n) is 3.39. The van der Waals surface area contributed by atoms with Crippen molar-refractivity contribution < 1.29 is 45.4 Å². The maximum Gasteiger partial charge on any atom is 0.471 e. The number of anilines is 1. The summed E-state index contributed by atoms with van der Waals surface area (Å²) in [4.78, 5) is 38.3. The molecule has 0 spiro atoms. The van der Waals surface area contributed by atoms with Crippen molar-refractivity contribution in [1.29, 1.82) is 0 Å². The first-order valence-corrected chi connectivity index (χ1v) is 12.6. The second kappa shape index (κ2) is 9.25. The third kappa shape index (κ3) is 5.01. The van der Waals surface area contributed by atoms with Crippen LogP contribution in [0.5, 0.6) is 11.5 Å². The normalized spacial score (nSPS) is 14.7. The standard InChI is InChI=1S/C20H19F3N2O7S2/c1-4-32-14-7-10(5-6-13(14)31-2)12(9-34(3,29)30)25-17(26)11-8-33-16(15(11)18(25)27)24-19(28)20(21,22)23/h5-8,12H,4,9H2,1-3H3,(H,24,28)/t12-/m1/s1. The lowest BCUT2D eigenvalue weighted by atomic mass is 10.1. The summed E-state index contributed by atoms with van der Waals surface area (Å²) in [6.45, 7) is 1.96. The van der Waals surface area contributed by atoms with Crippen molar-refractivity contribution in [3.05, 3.63) is 40.3 Å². The summed E-state index contributed by atoms with van der Waals surface area (Å²) in [7, 11) is -2.35. The summed E-state index contributed by atoms with van der Waals surface area (Å²) >= 11 is 0.586. The number of thiophene rings is 1. The first-order chi connectivity index (χ1) is 15.8. The van der Waals surface area contributed by atoms with E-state index in [-0.39, 0.29) is 23.5 Å². The molecular weight excluding hydrogens is 501 g/mol. The zero-order valence-corrected chi connectivity index (χ0v) is 19.7. The third-order valence-corrected chi connectivity index (χ3v) is 6.62. The minimum atomic E-state index is -5.21. The van der Waals surface area contributed by atoms with E-state index in [4.69, 9.17) is 9.47 Å². The van der Waals surface area contributed by atoms with Crippen LogP contribution in [0.2, 0.25) is 0 Å². The maximum absolute atomic E-state index is 13.2. The molecule has 14 heteroatoms. The summed E-state index contributed by atoms with van der Waals surface area (Å²) in [6.07, 6.45) is -4.29. The molecule has 1 N–H and O–H groups in total. The number of benzene rings is 1. The quantitative estimate of drug-likeness (QED) is 0.532. The molecule has 3 amide bonds. The fraction of sp³-hybridized carbons (Fsp3) is 0.350. The van der Waals surface area contributed by atoms with Crippen molar-refractivity contribution in [3.63, 3.8) is 0 Å². The third-order valence-electron chi connectivity index (χ3n) is 4.80. The predicted molar refractivity (Wildman–Crippen MR) is 116 cm³/mol. The van der Waals surface area contributed by atoms with Gasteiger partial charge in [-0.2, -0.15) is 13.2 Å². The molecule has 2 heterocycles. The Balaban J connectivity index is 2.06. The minimum Gasteiger partial charge on any atom is -0.493 e. The van der Waals surface area contributed by atoms with E-state index in [1.54, 1.807) is 12.2 Å². The maximum atomic E-state index is 13.2. The monoisotopic (exact) mass is 520 g/mol. The van der Waals surface area contributed by atoms with Crippen molar-refractivity contribution in [3.8, 4) is 11.5 Å². The van der Waals surface area contributed by atoms with Crippen LogP contribution in [0.4, 0.5) is 18.2 Å². The van der Waals surface area contributed by atoms with Gasteiger partial charge in [0.2, 0.25) is 0 Å². The number of amides is 3. The molecule has 1 aromatic carbocycles. The molecule has 34 heavy (non-hydrogen) atoms. The highest BCUT2D eigenvalue weighted by Crippen LogP contribution is 2.41. The van der Waals surface area contributed by atoms with E-state index in [1.807, 2.05) is 0 Å². The molecule has 3 rings (SSSR count). The van der Waals surface area contributed by atoms with E-state index in [0.29, 0.717) is 22.0 Å². The molecule has 0 aliphatic carbocycles. The number of alkyl halides is 3. The number of methoxy groups -OCH3 is 1. The highest BCUT2D eigenvalue weighted by molar-refractivity contribution is 7.90. The highest BCUT2D eigenvalue weighted by atomic mass is 32.2. The highest BCUT2D eigenvalue weighted by Gasteiger charge is 2.46. The predicted octanol–water partition coefficient (Wildman–Crippen LogP) is 3.04. The molecule has 1 aromatic heterocycles. The number of sulfone groups is 1. The fourth-order valence-corrected chi connectivity index (χ4v) is 5.23. The smallest absolute Gasteiger partial charge is 0.471 e. The summed E-state index contributed by atoms with van der Waals surface area (Å²) < 4.78 is 73.1. The van der Waals surface area contributed by atoms with Crippen LogP contribution in [0.25, 0.3) is 0 Å². The number of nitrogens with one attached hydrogen (secondary N) is 1. The second-order valence-electron chi connectivity index (χ2n) is 7.24. The Hall–Kier alpha value is -3.13. The van der Waals surface area contributed by atoms with Gasteiger partial charge >= 0.3 is 12.1 Å². The lowest BCUT2D eigenvalue weighted by molar-refractivity contribution is -0.167. The number of imide groups is 1. The number of fused-ring (bicyclic) bond motifs is 1. The van der Waals surface area contributed by atoms with Crippen LogP contribution in [-0.2, 0) is 14.6 Å². The average molecular weight is 521 g/mol. The van der Waals surface area contributed by atoms with Crippen LogP contribution >= 0.6 is 11.3 Å². The van der Waals surface area contributed by atoms with E-state index in [0.717, 1.165) is 11.6 Å². The van der Waals surface area contributed by atoms with E-state index in [1.165, 1.54) is 25.3 Å². The van der Waals surface area contributed by atoms with Gasteiger partial charge < -0.3 is 14.8 Å². The first kappa shape index (κ1) is 25.5. The first-order valence-electron chi connectivity index (χ1n) is 9.64. The van der Waals surface area contributed by atoms with Gasteiger partial charge in [0.05, 0.1) is 36.6 Å². The molecule has 0 saturated heterocycles. The SMILES string of the molecule is CCOc1cc([C@@H](CS(C)(=O)=O)N2C(=O)c3csc(NC(=O)C(F)(F)F)c3C2=O)ccc1OC. The summed E-state index contributed by atoms with van der Waals surface area (Å²) in [5.74, 6) is -4.31. The Morgan fingerprint density at radius 2 is 1.88 bits per heavy atom. The lowest BCUT2D eigenvalue weighted by Crippen LogP contribution is -2.38. The van der Waals surface area contributed by atoms with Gasteiger partial charge in [0.1, 0.15) is 14.8 Å². The van der Waals surface area contributed by atoms with Gasteiger partial charge in [0.25, 0.3) is 11.8 Å². The Morgan fingerprint density at radius 1 is 1.21 bits per heavy atom. The zero-order valence-electron chi connectivity index (χ0n) is 18.1. The van der Waals surface area contributed by atoms with E-state index in [2.05, 4.69) is 0 Å². The molecule has 0 radical (unpaired) electrons. The molecule has 0 saturated carbocycles. The Kier molecular flexibility index (Phi) is 6.94.